The van der Waals surface area contributed by atoms with Crippen molar-refractivity contribution < 1.29 is 5.11 Å². The van der Waals surface area contributed by atoms with E-state index in [0.29, 0.717) is 6.04 Å². The van der Waals surface area contributed by atoms with Crippen molar-refractivity contribution in [3.05, 3.63) is 0 Å². The van der Waals surface area contributed by atoms with E-state index in [1.807, 2.05) is 13.8 Å². The molecule has 66 valence electrons. The molecule has 0 atom stereocenters. The molecule has 0 bridgehead atoms. The molecule has 1 rings (SSSR count). The zero-order chi connectivity index (χ0) is 8.32. The molecule has 0 unspecified atom stereocenters. The predicted molar refractivity (Wildman–Crippen MR) is 46.6 cm³/mol. The average Bonchev–Trinajstić information content (AvgIpc) is 2.39. The van der Waals surface area contributed by atoms with Gasteiger partial charge in [0.15, 0.2) is 0 Å². The van der Waals surface area contributed by atoms with Crippen molar-refractivity contribution in [2.24, 2.45) is 0 Å². The number of aliphatic hydroxyl groups is 1. The highest BCUT2D eigenvalue weighted by atomic mass is 16.3. The van der Waals surface area contributed by atoms with Crippen LogP contribution in [0.3, 0.4) is 0 Å². The third-order valence-corrected chi connectivity index (χ3v) is 2.35. The molecular formula is C9H19NO. The van der Waals surface area contributed by atoms with Gasteiger partial charge in [0.2, 0.25) is 0 Å². The Kier molecular flexibility index (Phi) is 2.90. The van der Waals surface area contributed by atoms with Crippen molar-refractivity contribution in [3.63, 3.8) is 0 Å². The Balaban J connectivity index is 2.28. The van der Waals surface area contributed by atoms with Gasteiger partial charge >= 0.3 is 0 Å². The molecule has 1 fully saturated rings. The Morgan fingerprint density at radius 2 is 1.91 bits per heavy atom. The highest BCUT2D eigenvalue weighted by Gasteiger charge is 2.23. The highest BCUT2D eigenvalue weighted by molar-refractivity contribution is 4.84. The summed E-state index contributed by atoms with van der Waals surface area (Å²) in [5, 5.41) is 12.4. The molecule has 1 aliphatic carbocycles. The lowest BCUT2D eigenvalue weighted by Gasteiger charge is -2.27. The summed E-state index contributed by atoms with van der Waals surface area (Å²) in [5.41, 5.74) is -0.0883. The fourth-order valence-corrected chi connectivity index (χ4v) is 1.67. The van der Waals surface area contributed by atoms with E-state index in [-0.39, 0.29) is 12.1 Å². The average molecular weight is 157 g/mol. The standard InChI is InChI=1S/C9H19NO/c1-9(2,7-11)10-8-5-3-4-6-8/h8,10-11H,3-7H2,1-2H3. The molecule has 2 nitrogen and oxygen atoms in total. The van der Waals surface area contributed by atoms with Gasteiger partial charge in [0, 0.05) is 11.6 Å². The molecule has 1 aliphatic rings. The fraction of sp³-hybridized carbons (Fsp3) is 1.00. The number of hydrogen-bond acceptors (Lipinski definition) is 2. The second-order valence-corrected chi connectivity index (χ2v) is 4.17. The van der Waals surface area contributed by atoms with Crippen LogP contribution in [0.4, 0.5) is 0 Å². The topological polar surface area (TPSA) is 32.3 Å². The molecule has 1 saturated carbocycles. The van der Waals surface area contributed by atoms with Gasteiger partial charge in [-0.3, -0.25) is 0 Å². The molecule has 2 N–H and O–H groups in total. The SMILES string of the molecule is CC(C)(CO)NC1CCCC1. The Morgan fingerprint density at radius 1 is 1.36 bits per heavy atom. The molecule has 0 aliphatic heterocycles. The van der Waals surface area contributed by atoms with Crippen LogP contribution in [-0.4, -0.2) is 23.3 Å². The van der Waals surface area contributed by atoms with E-state index >= 15 is 0 Å². The van der Waals surface area contributed by atoms with Crippen LogP contribution in [0.5, 0.6) is 0 Å². The molecule has 0 aromatic rings. The first-order valence-electron chi connectivity index (χ1n) is 4.52. The van der Waals surface area contributed by atoms with Crippen LogP contribution < -0.4 is 5.32 Å². The minimum atomic E-state index is -0.0883. The molecule has 0 radical (unpaired) electrons. The lowest BCUT2D eigenvalue weighted by molar-refractivity contribution is 0.175. The van der Waals surface area contributed by atoms with E-state index < -0.39 is 0 Å². The second-order valence-electron chi connectivity index (χ2n) is 4.17. The molecule has 0 saturated heterocycles. The molecule has 0 amide bonds. The van der Waals surface area contributed by atoms with E-state index in [4.69, 9.17) is 5.11 Å². The first kappa shape index (κ1) is 9.01. The molecule has 2 heteroatoms. The van der Waals surface area contributed by atoms with E-state index in [1.54, 1.807) is 0 Å². The molecule has 0 aromatic heterocycles. The molecule has 0 heterocycles. The number of rotatable bonds is 3. The Bertz CT molecular complexity index is 117. The number of nitrogens with one attached hydrogen (secondary N) is 1. The number of aliphatic hydroxyl groups excluding tert-OH is 1. The van der Waals surface area contributed by atoms with Gasteiger partial charge in [0.25, 0.3) is 0 Å². The van der Waals surface area contributed by atoms with Crippen molar-refractivity contribution in [1.82, 2.24) is 5.32 Å². The molecule has 0 spiro atoms. The van der Waals surface area contributed by atoms with E-state index in [9.17, 15) is 0 Å². The largest absolute Gasteiger partial charge is 0.394 e. The highest BCUT2D eigenvalue weighted by Crippen LogP contribution is 2.19. The fourth-order valence-electron chi connectivity index (χ4n) is 1.67. The molecular weight excluding hydrogens is 138 g/mol. The monoisotopic (exact) mass is 157 g/mol. The van der Waals surface area contributed by atoms with Gasteiger partial charge in [-0.25, -0.2) is 0 Å². The van der Waals surface area contributed by atoms with Crippen LogP contribution >= 0.6 is 0 Å². The first-order valence-corrected chi connectivity index (χ1v) is 4.52. The minimum Gasteiger partial charge on any atom is -0.394 e. The van der Waals surface area contributed by atoms with Gasteiger partial charge in [-0.1, -0.05) is 12.8 Å². The van der Waals surface area contributed by atoms with Gasteiger partial charge < -0.3 is 10.4 Å². The number of hydrogen-bond donors (Lipinski definition) is 2. The zero-order valence-electron chi connectivity index (χ0n) is 7.56. The summed E-state index contributed by atoms with van der Waals surface area (Å²) in [5.74, 6) is 0. The summed E-state index contributed by atoms with van der Waals surface area (Å²) in [6.45, 7) is 4.32. The summed E-state index contributed by atoms with van der Waals surface area (Å²) >= 11 is 0. The van der Waals surface area contributed by atoms with E-state index in [0.717, 1.165) is 0 Å². The first-order chi connectivity index (χ1) is 5.14. The third kappa shape index (κ3) is 2.80. The van der Waals surface area contributed by atoms with Crippen molar-refractivity contribution >= 4 is 0 Å². The summed E-state index contributed by atoms with van der Waals surface area (Å²) < 4.78 is 0. The maximum absolute atomic E-state index is 8.99. The zero-order valence-corrected chi connectivity index (χ0v) is 7.56. The van der Waals surface area contributed by atoms with Crippen LogP contribution in [0, 0.1) is 0 Å². The van der Waals surface area contributed by atoms with Gasteiger partial charge in [-0.05, 0) is 26.7 Å². The third-order valence-electron chi connectivity index (χ3n) is 2.35. The lowest BCUT2D eigenvalue weighted by atomic mass is 10.0. The Morgan fingerprint density at radius 3 is 2.36 bits per heavy atom. The van der Waals surface area contributed by atoms with Gasteiger partial charge in [0.05, 0.1) is 6.61 Å². The van der Waals surface area contributed by atoms with Crippen molar-refractivity contribution in [1.29, 1.82) is 0 Å². The molecule has 0 aromatic carbocycles. The minimum absolute atomic E-state index is 0.0883. The molecule has 11 heavy (non-hydrogen) atoms. The smallest absolute Gasteiger partial charge is 0.0607 e. The van der Waals surface area contributed by atoms with Gasteiger partial charge in [0.1, 0.15) is 0 Å². The predicted octanol–water partition coefficient (Wildman–Crippen LogP) is 1.29. The quantitative estimate of drug-likeness (QED) is 0.647. The van der Waals surface area contributed by atoms with E-state index in [2.05, 4.69) is 5.32 Å². The maximum atomic E-state index is 8.99. The summed E-state index contributed by atoms with van der Waals surface area (Å²) in [4.78, 5) is 0. The normalized spacial score (nSPS) is 21.0. The summed E-state index contributed by atoms with van der Waals surface area (Å²) in [7, 11) is 0. The second kappa shape index (κ2) is 3.55. The summed E-state index contributed by atoms with van der Waals surface area (Å²) in [6, 6.07) is 0.650. The van der Waals surface area contributed by atoms with Crippen LogP contribution in [0.1, 0.15) is 39.5 Å². The van der Waals surface area contributed by atoms with Crippen molar-refractivity contribution in [3.8, 4) is 0 Å². The Labute approximate surface area is 69.0 Å². The van der Waals surface area contributed by atoms with Crippen LogP contribution in [0.15, 0.2) is 0 Å². The van der Waals surface area contributed by atoms with Crippen molar-refractivity contribution in [2.45, 2.75) is 51.1 Å². The van der Waals surface area contributed by atoms with Crippen LogP contribution in [-0.2, 0) is 0 Å². The van der Waals surface area contributed by atoms with Crippen LogP contribution in [0.25, 0.3) is 0 Å². The summed E-state index contributed by atoms with van der Waals surface area (Å²) in [6.07, 6.45) is 5.26. The van der Waals surface area contributed by atoms with Gasteiger partial charge in [-0.15, -0.1) is 0 Å². The van der Waals surface area contributed by atoms with Gasteiger partial charge in [-0.2, -0.15) is 0 Å². The maximum Gasteiger partial charge on any atom is 0.0607 e. The van der Waals surface area contributed by atoms with Crippen LogP contribution in [0.2, 0.25) is 0 Å². The Hall–Kier alpha value is -0.0800. The lowest BCUT2D eigenvalue weighted by Crippen LogP contribution is -2.47. The van der Waals surface area contributed by atoms with Crippen molar-refractivity contribution in [2.75, 3.05) is 6.61 Å². The van der Waals surface area contributed by atoms with E-state index in [1.165, 1.54) is 25.7 Å².